The lowest BCUT2D eigenvalue weighted by molar-refractivity contribution is -0.116. The lowest BCUT2D eigenvalue weighted by atomic mass is 10.1. The highest BCUT2D eigenvalue weighted by Crippen LogP contribution is 2.25. The summed E-state index contributed by atoms with van der Waals surface area (Å²) in [6, 6.07) is 5.70. The van der Waals surface area contributed by atoms with Gasteiger partial charge in [0.2, 0.25) is 5.91 Å². The summed E-state index contributed by atoms with van der Waals surface area (Å²) < 4.78 is 6.05. The van der Waals surface area contributed by atoms with Crippen LogP contribution in [-0.2, 0) is 16.1 Å². The second-order valence-electron chi connectivity index (χ2n) is 4.26. The van der Waals surface area contributed by atoms with E-state index < -0.39 is 0 Å². The summed E-state index contributed by atoms with van der Waals surface area (Å²) in [6.07, 6.45) is 1.11. The van der Waals surface area contributed by atoms with Crippen LogP contribution in [0.1, 0.15) is 25.3 Å². The van der Waals surface area contributed by atoms with Gasteiger partial charge in [-0.15, -0.1) is 0 Å². The summed E-state index contributed by atoms with van der Waals surface area (Å²) in [5.41, 5.74) is 7.35. The van der Waals surface area contributed by atoms with E-state index in [9.17, 15) is 4.79 Å². The van der Waals surface area contributed by atoms with Crippen molar-refractivity contribution in [3.8, 4) is 0 Å². The third kappa shape index (κ3) is 4.76. The molecular formula is C13H19BrN2O2. The molecule has 0 saturated carbocycles. The van der Waals surface area contributed by atoms with Crippen LogP contribution < -0.4 is 11.1 Å². The average molecular weight is 315 g/mol. The topological polar surface area (TPSA) is 64.3 Å². The summed E-state index contributed by atoms with van der Waals surface area (Å²) in [4.78, 5) is 11.8. The molecule has 4 nitrogen and oxygen atoms in total. The average Bonchev–Trinajstić information content (AvgIpc) is 2.31. The molecule has 0 radical (unpaired) electrons. The molecule has 1 amide bonds. The number of rotatable bonds is 6. The van der Waals surface area contributed by atoms with E-state index in [1.807, 2.05) is 25.1 Å². The fraction of sp³-hybridized carbons (Fsp3) is 0.462. The van der Waals surface area contributed by atoms with Crippen LogP contribution in [0.3, 0.4) is 0 Å². The van der Waals surface area contributed by atoms with Gasteiger partial charge in [0, 0.05) is 35.3 Å². The molecule has 0 aliphatic heterocycles. The number of amides is 1. The van der Waals surface area contributed by atoms with Gasteiger partial charge in [-0.05, 0) is 25.5 Å². The zero-order valence-corrected chi connectivity index (χ0v) is 12.3. The molecule has 1 atom stereocenters. The number of methoxy groups -OCH3 is 1. The molecule has 0 bridgehead atoms. The van der Waals surface area contributed by atoms with Gasteiger partial charge in [0.25, 0.3) is 0 Å². The van der Waals surface area contributed by atoms with Gasteiger partial charge >= 0.3 is 0 Å². The molecule has 0 spiro atoms. The minimum absolute atomic E-state index is 0.0252. The van der Waals surface area contributed by atoms with Gasteiger partial charge in [-0.25, -0.2) is 0 Å². The molecule has 100 valence electrons. The molecule has 0 aromatic heterocycles. The van der Waals surface area contributed by atoms with Crippen molar-refractivity contribution >= 4 is 27.5 Å². The van der Waals surface area contributed by atoms with Gasteiger partial charge in [-0.3, -0.25) is 4.79 Å². The van der Waals surface area contributed by atoms with Crippen LogP contribution in [0.15, 0.2) is 22.7 Å². The number of nitrogens with two attached hydrogens (primary N) is 1. The van der Waals surface area contributed by atoms with Crippen molar-refractivity contribution in [1.29, 1.82) is 0 Å². The summed E-state index contributed by atoms with van der Waals surface area (Å²) in [7, 11) is 1.63. The standard InChI is InChI=1S/C13H19BrN2O2/c1-9(15)6-7-13(17)16-12-5-3-4-11(14)10(12)8-18-2/h3-5,9H,6-8,15H2,1-2H3,(H,16,17). The molecule has 1 aromatic carbocycles. The second kappa shape index (κ2) is 7.51. The van der Waals surface area contributed by atoms with E-state index in [1.165, 1.54) is 0 Å². The lowest BCUT2D eigenvalue weighted by Gasteiger charge is -2.12. The number of carbonyl (C=O) groups excluding carboxylic acids is 1. The molecule has 0 fully saturated rings. The van der Waals surface area contributed by atoms with E-state index >= 15 is 0 Å². The van der Waals surface area contributed by atoms with Gasteiger partial charge in [0.15, 0.2) is 0 Å². The van der Waals surface area contributed by atoms with Gasteiger partial charge in [-0.1, -0.05) is 22.0 Å². The maximum atomic E-state index is 11.8. The van der Waals surface area contributed by atoms with Crippen molar-refractivity contribution in [3.63, 3.8) is 0 Å². The quantitative estimate of drug-likeness (QED) is 0.848. The SMILES string of the molecule is COCc1c(Br)cccc1NC(=O)CCC(C)N. The predicted molar refractivity (Wildman–Crippen MR) is 76.4 cm³/mol. The molecule has 5 heteroatoms. The second-order valence-corrected chi connectivity index (χ2v) is 5.12. The number of benzene rings is 1. The Hall–Kier alpha value is -0.910. The van der Waals surface area contributed by atoms with Crippen LogP contribution in [0, 0.1) is 0 Å². The Labute approximate surface area is 116 Å². The zero-order chi connectivity index (χ0) is 13.5. The molecule has 18 heavy (non-hydrogen) atoms. The van der Waals surface area contributed by atoms with E-state index in [-0.39, 0.29) is 11.9 Å². The van der Waals surface area contributed by atoms with Crippen molar-refractivity contribution in [3.05, 3.63) is 28.2 Å². The highest BCUT2D eigenvalue weighted by atomic mass is 79.9. The first-order valence-corrected chi connectivity index (χ1v) is 6.65. The number of anilines is 1. The minimum Gasteiger partial charge on any atom is -0.380 e. The third-order valence-corrected chi connectivity index (χ3v) is 3.25. The van der Waals surface area contributed by atoms with Crippen molar-refractivity contribution in [2.45, 2.75) is 32.4 Å². The molecule has 1 rings (SSSR count). The maximum absolute atomic E-state index is 11.8. The number of nitrogens with one attached hydrogen (secondary N) is 1. The summed E-state index contributed by atoms with van der Waals surface area (Å²) in [5, 5.41) is 2.89. The molecule has 1 aromatic rings. The number of carbonyl (C=O) groups is 1. The van der Waals surface area contributed by atoms with Crippen LogP contribution in [0.4, 0.5) is 5.69 Å². The third-order valence-electron chi connectivity index (χ3n) is 2.51. The van der Waals surface area contributed by atoms with Gasteiger partial charge in [0.05, 0.1) is 6.61 Å². The number of ether oxygens (including phenoxy) is 1. The minimum atomic E-state index is -0.0252. The molecule has 0 saturated heterocycles. The Morgan fingerprint density at radius 1 is 1.56 bits per heavy atom. The molecule has 0 heterocycles. The van der Waals surface area contributed by atoms with Gasteiger partial charge in [-0.2, -0.15) is 0 Å². The fourth-order valence-corrected chi connectivity index (χ4v) is 2.02. The molecule has 0 aliphatic carbocycles. The highest BCUT2D eigenvalue weighted by Gasteiger charge is 2.10. The van der Waals surface area contributed by atoms with E-state index in [2.05, 4.69) is 21.2 Å². The fourth-order valence-electron chi connectivity index (χ4n) is 1.54. The van der Waals surface area contributed by atoms with Gasteiger partial charge in [0.1, 0.15) is 0 Å². The van der Waals surface area contributed by atoms with Crippen LogP contribution in [0.5, 0.6) is 0 Å². The van der Waals surface area contributed by atoms with Crippen LogP contribution in [0.2, 0.25) is 0 Å². The Balaban J connectivity index is 2.71. The number of halogens is 1. The maximum Gasteiger partial charge on any atom is 0.224 e. The summed E-state index contributed by atoms with van der Waals surface area (Å²) in [6.45, 7) is 2.34. The van der Waals surface area contributed by atoms with Crippen molar-refractivity contribution in [2.24, 2.45) is 5.73 Å². The Morgan fingerprint density at radius 3 is 2.89 bits per heavy atom. The molecule has 1 unspecified atom stereocenters. The Bertz CT molecular complexity index is 408. The summed E-state index contributed by atoms with van der Waals surface area (Å²) >= 11 is 3.45. The van der Waals surface area contributed by atoms with Crippen molar-refractivity contribution in [1.82, 2.24) is 0 Å². The first-order valence-electron chi connectivity index (χ1n) is 5.86. The van der Waals surface area contributed by atoms with E-state index in [0.717, 1.165) is 15.7 Å². The molecule has 3 N–H and O–H groups in total. The zero-order valence-electron chi connectivity index (χ0n) is 10.7. The molecular weight excluding hydrogens is 296 g/mol. The number of hydrogen-bond donors (Lipinski definition) is 2. The molecule has 0 aliphatic rings. The van der Waals surface area contributed by atoms with Crippen molar-refractivity contribution in [2.75, 3.05) is 12.4 Å². The Morgan fingerprint density at radius 2 is 2.28 bits per heavy atom. The monoisotopic (exact) mass is 314 g/mol. The van der Waals surface area contributed by atoms with Crippen LogP contribution in [-0.4, -0.2) is 19.1 Å². The van der Waals surface area contributed by atoms with E-state index in [0.29, 0.717) is 19.4 Å². The Kier molecular flexibility index (Phi) is 6.32. The smallest absolute Gasteiger partial charge is 0.224 e. The predicted octanol–water partition coefficient (Wildman–Crippen LogP) is 2.66. The first kappa shape index (κ1) is 15.1. The lowest BCUT2D eigenvalue weighted by Crippen LogP contribution is -2.20. The highest BCUT2D eigenvalue weighted by molar-refractivity contribution is 9.10. The van der Waals surface area contributed by atoms with Crippen LogP contribution >= 0.6 is 15.9 Å². The van der Waals surface area contributed by atoms with E-state index in [1.54, 1.807) is 7.11 Å². The largest absolute Gasteiger partial charge is 0.380 e. The normalized spacial score (nSPS) is 12.2. The van der Waals surface area contributed by atoms with Crippen LogP contribution in [0.25, 0.3) is 0 Å². The van der Waals surface area contributed by atoms with Gasteiger partial charge < -0.3 is 15.8 Å². The summed E-state index contributed by atoms with van der Waals surface area (Å²) in [5.74, 6) is -0.0252. The van der Waals surface area contributed by atoms with E-state index in [4.69, 9.17) is 10.5 Å². The first-order chi connectivity index (χ1) is 8.54. The van der Waals surface area contributed by atoms with Crippen molar-refractivity contribution < 1.29 is 9.53 Å². The number of hydrogen-bond acceptors (Lipinski definition) is 3.